The summed E-state index contributed by atoms with van der Waals surface area (Å²) < 4.78 is 2.64. The van der Waals surface area contributed by atoms with Crippen molar-refractivity contribution in [2.75, 3.05) is 24.5 Å². The average Bonchev–Trinajstić information content (AvgIpc) is 3.13. The Kier molecular flexibility index (Phi) is 2.98. The van der Waals surface area contributed by atoms with Crippen molar-refractivity contribution in [2.24, 2.45) is 0 Å². The Morgan fingerprint density at radius 2 is 2.35 bits per heavy atom. The highest BCUT2D eigenvalue weighted by atomic mass is 32.1. The number of piperazine rings is 1. The molecule has 1 saturated heterocycles. The molecule has 1 fully saturated rings. The van der Waals surface area contributed by atoms with Gasteiger partial charge < -0.3 is 10.2 Å². The molecule has 4 rings (SSSR count). The van der Waals surface area contributed by atoms with Crippen molar-refractivity contribution in [3.8, 4) is 10.7 Å². The zero-order valence-electron chi connectivity index (χ0n) is 11.1. The zero-order valence-corrected chi connectivity index (χ0v) is 12.7. The van der Waals surface area contributed by atoms with Crippen molar-refractivity contribution in [1.29, 1.82) is 0 Å². The number of H-pyrrole nitrogens is 1. The minimum Gasteiger partial charge on any atom is -0.337 e. The lowest BCUT2D eigenvalue weighted by Crippen LogP contribution is -2.49. The summed E-state index contributed by atoms with van der Waals surface area (Å²) in [6.45, 7) is 5.09. The van der Waals surface area contributed by atoms with Crippen LogP contribution in [0.3, 0.4) is 0 Å². The summed E-state index contributed by atoms with van der Waals surface area (Å²) in [7, 11) is 0. The highest BCUT2D eigenvalue weighted by molar-refractivity contribution is 7.28. The number of aromatic amines is 1. The number of thiophene rings is 2. The van der Waals surface area contributed by atoms with E-state index in [1.165, 1.54) is 9.40 Å². The molecular weight excluding hydrogens is 290 g/mol. The molecule has 7 heteroatoms. The molecule has 2 N–H and O–H groups in total. The maximum atomic E-state index is 4.66. The van der Waals surface area contributed by atoms with Crippen LogP contribution in [-0.2, 0) is 0 Å². The Labute approximate surface area is 124 Å². The van der Waals surface area contributed by atoms with Crippen molar-refractivity contribution < 1.29 is 0 Å². The number of rotatable bonds is 2. The Balaban J connectivity index is 1.62. The summed E-state index contributed by atoms with van der Waals surface area (Å²) in [6.07, 6.45) is 0. The third-order valence-corrected chi connectivity index (χ3v) is 5.60. The molecule has 3 aromatic rings. The molecule has 0 radical (unpaired) electrons. The molecule has 0 aromatic carbocycles. The Hall–Kier alpha value is -1.44. The third kappa shape index (κ3) is 2.11. The number of nitrogens with zero attached hydrogens (tertiary/aromatic N) is 3. The highest BCUT2D eigenvalue weighted by Crippen LogP contribution is 2.35. The van der Waals surface area contributed by atoms with Gasteiger partial charge in [-0.1, -0.05) is 0 Å². The number of nitrogens with one attached hydrogen (secondary N) is 2. The summed E-state index contributed by atoms with van der Waals surface area (Å²) >= 11 is 3.53. The van der Waals surface area contributed by atoms with Gasteiger partial charge in [-0.3, -0.25) is 5.10 Å². The van der Waals surface area contributed by atoms with Crippen LogP contribution in [0.4, 0.5) is 5.95 Å². The maximum Gasteiger partial charge on any atom is 0.245 e. The van der Waals surface area contributed by atoms with E-state index in [0.717, 1.165) is 36.3 Å². The average molecular weight is 305 g/mol. The number of anilines is 1. The van der Waals surface area contributed by atoms with E-state index in [1.54, 1.807) is 22.7 Å². The molecule has 0 bridgehead atoms. The van der Waals surface area contributed by atoms with E-state index in [4.69, 9.17) is 0 Å². The number of hydrogen-bond acceptors (Lipinski definition) is 6. The van der Waals surface area contributed by atoms with Crippen LogP contribution in [0.25, 0.3) is 20.1 Å². The van der Waals surface area contributed by atoms with E-state index in [9.17, 15) is 0 Å². The summed E-state index contributed by atoms with van der Waals surface area (Å²) in [5, 5.41) is 13.0. The van der Waals surface area contributed by atoms with Gasteiger partial charge in [0.25, 0.3) is 0 Å². The second-order valence-corrected chi connectivity index (χ2v) is 7.08. The molecule has 0 spiro atoms. The molecule has 0 amide bonds. The van der Waals surface area contributed by atoms with E-state index in [2.05, 4.69) is 49.8 Å². The normalized spacial score (nSPS) is 19.9. The lowest BCUT2D eigenvalue weighted by Gasteiger charge is -2.30. The van der Waals surface area contributed by atoms with E-state index >= 15 is 0 Å². The minimum absolute atomic E-state index is 0.484. The predicted molar refractivity (Wildman–Crippen MR) is 84.8 cm³/mol. The predicted octanol–water partition coefficient (Wildman–Crippen LogP) is 2.55. The molecule has 1 aliphatic rings. The number of fused-ring (bicyclic) bond motifs is 1. The third-order valence-electron chi connectivity index (χ3n) is 3.50. The van der Waals surface area contributed by atoms with Crippen molar-refractivity contribution in [1.82, 2.24) is 20.5 Å². The van der Waals surface area contributed by atoms with E-state index < -0.39 is 0 Å². The molecular formula is C13H15N5S2. The summed E-state index contributed by atoms with van der Waals surface area (Å²) in [5.74, 6) is 1.68. The Morgan fingerprint density at radius 3 is 3.20 bits per heavy atom. The number of aromatic nitrogens is 3. The van der Waals surface area contributed by atoms with Gasteiger partial charge in [0.1, 0.15) is 0 Å². The van der Waals surface area contributed by atoms with Crippen molar-refractivity contribution in [2.45, 2.75) is 13.0 Å². The van der Waals surface area contributed by atoms with Gasteiger partial charge in [-0.2, -0.15) is 4.98 Å². The van der Waals surface area contributed by atoms with Gasteiger partial charge in [-0.15, -0.1) is 27.8 Å². The van der Waals surface area contributed by atoms with Crippen molar-refractivity contribution in [3.05, 3.63) is 17.5 Å². The van der Waals surface area contributed by atoms with Crippen molar-refractivity contribution in [3.63, 3.8) is 0 Å². The first-order valence-electron chi connectivity index (χ1n) is 6.68. The van der Waals surface area contributed by atoms with Crippen molar-refractivity contribution >= 4 is 38.0 Å². The van der Waals surface area contributed by atoms with Crippen LogP contribution >= 0.6 is 22.7 Å². The van der Waals surface area contributed by atoms with Gasteiger partial charge in [-0.25, -0.2) is 0 Å². The molecule has 5 nitrogen and oxygen atoms in total. The standard InChI is InChI=1S/C13H15N5S2/c1-8-7-18(4-3-14-8)13-15-12(16-17-13)11-6-10-9(20-11)2-5-19-10/h2,5-6,8,14H,3-4,7H2,1H3,(H,15,16,17)/t8-/m1/s1. The molecule has 0 aliphatic carbocycles. The van der Waals surface area contributed by atoms with Crippen LogP contribution < -0.4 is 10.2 Å². The molecule has 1 aliphatic heterocycles. The molecule has 1 atom stereocenters. The molecule has 0 unspecified atom stereocenters. The van der Waals surface area contributed by atoms with E-state index in [1.807, 2.05) is 0 Å². The first-order valence-corrected chi connectivity index (χ1v) is 8.37. The van der Waals surface area contributed by atoms with Gasteiger partial charge in [-0.05, 0) is 24.4 Å². The lowest BCUT2D eigenvalue weighted by atomic mass is 10.2. The minimum atomic E-state index is 0.484. The lowest BCUT2D eigenvalue weighted by molar-refractivity contribution is 0.480. The first-order chi connectivity index (χ1) is 9.79. The fourth-order valence-electron chi connectivity index (χ4n) is 2.50. The summed E-state index contributed by atoms with van der Waals surface area (Å²) in [4.78, 5) is 8.05. The van der Waals surface area contributed by atoms with E-state index in [-0.39, 0.29) is 0 Å². The van der Waals surface area contributed by atoms with Crippen LogP contribution in [0.2, 0.25) is 0 Å². The summed E-state index contributed by atoms with van der Waals surface area (Å²) in [5.41, 5.74) is 0. The fraction of sp³-hybridized carbons (Fsp3) is 0.385. The number of hydrogen-bond donors (Lipinski definition) is 2. The van der Waals surface area contributed by atoms with Gasteiger partial charge in [0, 0.05) is 35.1 Å². The van der Waals surface area contributed by atoms with Gasteiger partial charge in [0.05, 0.1) is 4.88 Å². The second kappa shape index (κ2) is 4.83. The summed E-state index contributed by atoms with van der Waals surface area (Å²) in [6, 6.07) is 4.83. The molecule has 0 saturated carbocycles. The quantitative estimate of drug-likeness (QED) is 0.764. The SMILES string of the molecule is C[C@@H]1CN(c2n[nH]c(-c3cc4sccc4s3)n2)CCN1. The zero-order chi connectivity index (χ0) is 13.5. The Morgan fingerprint density at radius 1 is 1.40 bits per heavy atom. The highest BCUT2D eigenvalue weighted by Gasteiger charge is 2.20. The van der Waals surface area contributed by atoms with Gasteiger partial charge in [0.15, 0.2) is 5.82 Å². The van der Waals surface area contributed by atoms with Crippen LogP contribution in [0.15, 0.2) is 17.5 Å². The van der Waals surface area contributed by atoms with Crippen LogP contribution in [0.5, 0.6) is 0 Å². The second-order valence-electron chi connectivity index (χ2n) is 5.04. The van der Waals surface area contributed by atoms with Crippen LogP contribution in [0, 0.1) is 0 Å². The van der Waals surface area contributed by atoms with E-state index in [0.29, 0.717) is 6.04 Å². The Bertz CT molecular complexity index is 699. The fourth-order valence-corrected chi connectivity index (χ4v) is 4.55. The van der Waals surface area contributed by atoms with Crippen LogP contribution in [0.1, 0.15) is 6.92 Å². The maximum absolute atomic E-state index is 4.66. The van der Waals surface area contributed by atoms with Gasteiger partial charge >= 0.3 is 0 Å². The molecule has 20 heavy (non-hydrogen) atoms. The van der Waals surface area contributed by atoms with Crippen LogP contribution in [-0.4, -0.2) is 40.9 Å². The first kappa shape index (κ1) is 12.3. The topological polar surface area (TPSA) is 56.8 Å². The largest absolute Gasteiger partial charge is 0.337 e. The monoisotopic (exact) mass is 305 g/mol. The molecule has 104 valence electrons. The molecule has 4 heterocycles. The van der Waals surface area contributed by atoms with Gasteiger partial charge in [0.2, 0.25) is 5.95 Å². The smallest absolute Gasteiger partial charge is 0.245 e. The molecule has 3 aromatic heterocycles.